The molecule has 0 aromatic heterocycles. The lowest BCUT2D eigenvalue weighted by molar-refractivity contribution is -0.141. The number of carboxylic acids is 1. The van der Waals surface area contributed by atoms with Gasteiger partial charge in [0.25, 0.3) is 0 Å². The average Bonchev–Trinajstić information content (AvgIpc) is 2.78. The van der Waals surface area contributed by atoms with Crippen LogP contribution in [-0.2, 0) is 14.3 Å². The highest BCUT2D eigenvalue weighted by Gasteiger charge is 2.16. The highest BCUT2D eigenvalue weighted by atomic mass is 16.5. The summed E-state index contributed by atoms with van der Waals surface area (Å²) in [6.45, 7) is 2.88. The molecule has 5 heteroatoms. The molecular weight excluding hydrogens is 222 g/mol. The molecule has 0 aliphatic carbocycles. The highest BCUT2D eigenvalue weighted by molar-refractivity contribution is 5.76. The summed E-state index contributed by atoms with van der Waals surface area (Å²) in [5, 5.41) is 11.4. The number of nitrogens with one attached hydrogen (secondary N) is 1. The Balaban J connectivity index is 2.02. The number of aliphatic carboxylic acids is 1. The van der Waals surface area contributed by atoms with E-state index in [9.17, 15) is 9.59 Å². The first-order valence-electron chi connectivity index (χ1n) is 6.20. The van der Waals surface area contributed by atoms with Crippen LogP contribution in [0.4, 0.5) is 0 Å². The minimum Gasteiger partial charge on any atom is -0.481 e. The summed E-state index contributed by atoms with van der Waals surface area (Å²) in [5.41, 5.74) is 0. The Labute approximate surface area is 102 Å². The van der Waals surface area contributed by atoms with Crippen molar-refractivity contribution in [2.24, 2.45) is 5.92 Å². The third kappa shape index (κ3) is 5.68. The monoisotopic (exact) mass is 243 g/mol. The Morgan fingerprint density at radius 3 is 2.88 bits per heavy atom. The van der Waals surface area contributed by atoms with Gasteiger partial charge in [0.15, 0.2) is 0 Å². The Bertz CT molecular complexity index is 261. The van der Waals surface area contributed by atoms with Crippen LogP contribution in [0, 0.1) is 5.92 Å². The van der Waals surface area contributed by atoms with E-state index in [0.29, 0.717) is 19.4 Å². The number of carboxylic acid groups (broad SMARTS) is 1. The Kier molecular flexibility index (Phi) is 5.97. The van der Waals surface area contributed by atoms with Crippen LogP contribution in [0.5, 0.6) is 0 Å². The number of carbonyl (C=O) groups excluding carboxylic acids is 1. The zero-order valence-corrected chi connectivity index (χ0v) is 10.3. The molecule has 2 unspecified atom stereocenters. The van der Waals surface area contributed by atoms with Crippen LogP contribution in [0.25, 0.3) is 0 Å². The van der Waals surface area contributed by atoms with E-state index in [0.717, 1.165) is 25.9 Å². The van der Waals surface area contributed by atoms with Gasteiger partial charge in [0.1, 0.15) is 0 Å². The summed E-state index contributed by atoms with van der Waals surface area (Å²) >= 11 is 0. The normalized spacial score (nSPS) is 21.1. The second-order valence-corrected chi connectivity index (χ2v) is 4.55. The van der Waals surface area contributed by atoms with Gasteiger partial charge >= 0.3 is 5.97 Å². The van der Waals surface area contributed by atoms with Crippen molar-refractivity contribution in [2.75, 3.05) is 13.2 Å². The highest BCUT2D eigenvalue weighted by Crippen LogP contribution is 2.16. The summed E-state index contributed by atoms with van der Waals surface area (Å²) in [7, 11) is 0. The standard InChI is InChI=1S/C12H21NO4/c1-9(12(15)16)6-7-13-11(14)5-4-10-3-2-8-17-10/h9-10H,2-8H2,1H3,(H,13,14)(H,15,16). The molecule has 1 fully saturated rings. The molecule has 0 saturated carbocycles. The number of carbonyl (C=O) groups is 2. The summed E-state index contributed by atoms with van der Waals surface area (Å²) in [6, 6.07) is 0. The Hall–Kier alpha value is -1.10. The SMILES string of the molecule is CC(CCNC(=O)CCC1CCCO1)C(=O)O. The second kappa shape index (κ2) is 7.27. The lowest BCUT2D eigenvalue weighted by Gasteiger charge is -2.10. The molecule has 17 heavy (non-hydrogen) atoms. The summed E-state index contributed by atoms with van der Waals surface area (Å²) in [5.74, 6) is -1.25. The lowest BCUT2D eigenvalue weighted by Crippen LogP contribution is -2.27. The topological polar surface area (TPSA) is 75.6 Å². The van der Waals surface area contributed by atoms with Crippen molar-refractivity contribution in [2.45, 2.75) is 45.1 Å². The van der Waals surface area contributed by atoms with Crippen molar-refractivity contribution in [1.29, 1.82) is 0 Å². The molecule has 0 radical (unpaired) electrons. The second-order valence-electron chi connectivity index (χ2n) is 4.55. The molecule has 1 amide bonds. The smallest absolute Gasteiger partial charge is 0.306 e. The van der Waals surface area contributed by atoms with E-state index in [1.54, 1.807) is 6.92 Å². The first kappa shape index (κ1) is 14.0. The van der Waals surface area contributed by atoms with Crippen LogP contribution in [0.3, 0.4) is 0 Å². The predicted molar refractivity (Wildman–Crippen MR) is 62.6 cm³/mol. The third-order valence-electron chi connectivity index (χ3n) is 3.04. The average molecular weight is 243 g/mol. The molecule has 2 N–H and O–H groups in total. The van der Waals surface area contributed by atoms with Crippen molar-refractivity contribution >= 4 is 11.9 Å². The summed E-state index contributed by atoms with van der Waals surface area (Å²) < 4.78 is 5.42. The number of rotatable bonds is 7. The minimum absolute atomic E-state index is 0.0157. The van der Waals surface area contributed by atoms with Gasteiger partial charge in [0.05, 0.1) is 12.0 Å². The van der Waals surface area contributed by atoms with Crippen molar-refractivity contribution in [1.82, 2.24) is 5.32 Å². The van der Waals surface area contributed by atoms with Gasteiger partial charge in [-0.1, -0.05) is 6.92 Å². The van der Waals surface area contributed by atoms with Gasteiger partial charge in [-0.3, -0.25) is 9.59 Å². The van der Waals surface area contributed by atoms with Gasteiger partial charge in [0.2, 0.25) is 5.91 Å². The molecule has 1 aliphatic heterocycles. The van der Waals surface area contributed by atoms with E-state index in [1.807, 2.05) is 0 Å². The van der Waals surface area contributed by atoms with Crippen molar-refractivity contribution < 1.29 is 19.4 Å². The van der Waals surface area contributed by atoms with Gasteiger partial charge in [-0.15, -0.1) is 0 Å². The molecule has 5 nitrogen and oxygen atoms in total. The van der Waals surface area contributed by atoms with Gasteiger partial charge < -0.3 is 15.2 Å². The van der Waals surface area contributed by atoms with E-state index in [1.165, 1.54) is 0 Å². The molecule has 2 atom stereocenters. The summed E-state index contributed by atoms with van der Waals surface area (Å²) in [6.07, 6.45) is 4.07. The van der Waals surface area contributed by atoms with E-state index in [2.05, 4.69) is 5.32 Å². The molecule has 1 rings (SSSR count). The van der Waals surface area contributed by atoms with E-state index < -0.39 is 11.9 Å². The van der Waals surface area contributed by atoms with Gasteiger partial charge in [-0.05, 0) is 25.7 Å². The lowest BCUT2D eigenvalue weighted by atomic mass is 10.1. The van der Waals surface area contributed by atoms with Crippen molar-refractivity contribution in [3.05, 3.63) is 0 Å². The van der Waals surface area contributed by atoms with Crippen molar-refractivity contribution in [3.63, 3.8) is 0 Å². The zero-order chi connectivity index (χ0) is 12.7. The van der Waals surface area contributed by atoms with Gasteiger partial charge in [-0.2, -0.15) is 0 Å². The largest absolute Gasteiger partial charge is 0.481 e. The van der Waals surface area contributed by atoms with E-state index in [4.69, 9.17) is 9.84 Å². The molecule has 0 spiro atoms. The summed E-state index contributed by atoms with van der Waals surface area (Å²) in [4.78, 5) is 22.0. The fourth-order valence-electron chi connectivity index (χ4n) is 1.80. The molecule has 0 aromatic carbocycles. The molecule has 1 saturated heterocycles. The van der Waals surface area contributed by atoms with Crippen LogP contribution >= 0.6 is 0 Å². The molecular formula is C12H21NO4. The molecule has 0 aromatic rings. The van der Waals surface area contributed by atoms with Crippen LogP contribution in [0.15, 0.2) is 0 Å². The maximum Gasteiger partial charge on any atom is 0.306 e. The number of amides is 1. The van der Waals surface area contributed by atoms with Gasteiger partial charge in [0, 0.05) is 19.6 Å². The fourth-order valence-corrected chi connectivity index (χ4v) is 1.80. The predicted octanol–water partition coefficient (Wildman–Crippen LogP) is 1.17. The molecule has 98 valence electrons. The Morgan fingerprint density at radius 1 is 1.53 bits per heavy atom. The van der Waals surface area contributed by atoms with Crippen LogP contribution < -0.4 is 5.32 Å². The maximum atomic E-state index is 11.4. The first-order valence-corrected chi connectivity index (χ1v) is 6.20. The van der Waals surface area contributed by atoms with Gasteiger partial charge in [-0.25, -0.2) is 0 Å². The fraction of sp³-hybridized carbons (Fsp3) is 0.833. The van der Waals surface area contributed by atoms with E-state index in [-0.39, 0.29) is 12.0 Å². The maximum absolute atomic E-state index is 11.4. The first-order chi connectivity index (χ1) is 8.09. The van der Waals surface area contributed by atoms with Crippen molar-refractivity contribution in [3.8, 4) is 0 Å². The van der Waals surface area contributed by atoms with Crippen LogP contribution in [0.2, 0.25) is 0 Å². The molecule has 1 aliphatic rings. The van der Waals surface area contributed by atoms with E-state index >= 15 is 0 Å². The number of hydrogen-bond acceptors (Lipinski definition) is 3. The molecule has 1 heterocycles. The number of hydrogen-bond donors (Lipinski definition) is 2. The third-order valence-corrected chi connectivity index (χ3v) is 3.04. The molecule has 0 bridgehead atoms. The zero-order valence-electron chi connectivity index (χ0n) is 10.3. The quantitative estimate of drug-likeness (QED) is 0.704. The minimum atomic E-state index is -0.821. The number of ether oxygens (including phenoxy) is 1. The van der Waals surface area contributed by atoms with Crippen LogP contribution in [-0.4, -0.2) is 36.2 Å². The van der Waals surface area contributed by atoms with Crippen LogP contribution in [0.1, 0.15) is 39.0 Å². The Morgan fingerprint density at radius 2 is 2.29 bits per heavy atom.